The summed E-state index contributed by atoms with van der Waals surface area (Å²) in [4.78, 5) is 17.0. The molecule has 0 unspecified atom stereocenters. The number of nitrogens with zero attached hydrogens (tertiary/aromatic N) is 1. The topological polar surface area (TPSA) is 69.7 Å². The van der Waals surface area contributed by atoms with Crippen molar-refractivity contribution in [3.63, 3.8) is 0 Å². The van der Waals surface area contributed by atoms with Crippen LogP contribution in [0.5, 0.6) is 17.4 Å². The number of aromatic nitrogens is 1. The van der Waals surface area contributed by atoms with Crippen LogP contribution in [0.3, 0.4) is 0 Å². The van der Waals surface area contributed by atoms with Gasteiger partial charge in [-0.2, -0.15) is 0 Å². The van der Waals surface area contributed by atoms with E-state index in [0.29, 0.717) is 29.7 Å². The first-order valence-electron chi connectivity index (χ1n) is 9.43. The fourth-order valence-corrected chi connectivity index (χ4v) is 3.31. The fraction of sp³-hybridized carbons (Fsp3) is 0.217. The van der Waals surface area contributed by atoms with Crippen LogP contribution in [0.1, 0.15) is 22.8 Å². The molecule has 29 heavy (non-hydrogen) atoms. The molecule has 0 spiro atoms. The highest BCUT2D eigenvalue weighted by Crippen LogP contribution is 2.32. The summed E-state index contributed by atoms with van der Waals surface area (Å²) in [5, 5.41) is 2.87. The van der Waals surface area contributed by atoms with E-state index in [-0.39, 0.29) is 5.91 Å². The molecule has 1 amide bonds. The Morgan fingerprint density at radius 3 is 2.79 bits per heavy atom. The van der Waals surface area contributed by atoms with Gasteiger partial charge in [0.2, 0.25) is 5.88 Å². The zero-order chi connectivity index (χ0) is 20.2. The number of rotatable bonds is 5. The van der Waals surface area contributed by atoms with Gasteiger partial charge in [-0.1, -0.05) is 30.3 Å². The lowest BCUT2D eigenvalue weighted by atomic mass is 9.97. The average molecular weight is 390 g/mol. The highest BCUT2D eigenvalue weighted by atomic mass is 16.5. The molecule has 1 aliphatic rings. The molecule has 0 saturated carbocycles. The second kappa shape index (κ2) is 8.32. The van der Waals surface area contributed by atoms with Gasteiger partial charge in [0.25, 0.3) is 5.91 Å². The van der Waals surface area contributed by atoms with Crippen LogP contribution in [-0.2, 0) is 16.0 Å². The van der Waals surface area contributed by atoms with Crippen molar-refractivity contribution >= 4 is 11.6 Å². The zero-order valence-electron chi connectivity index (χ0n) is 16.3. The SMILES string of the molecule is COc1cc(C)ccc1Oc1ccc(NC(=O)[C@H]2OCCc3ccccc32)cn1. The molecule has 1 aliphatic heterocycles. The summed E-state index contributed by atoms with van der Waals surface area (Å²) in [7, 11) is 1.60. The Labute approximate surface area is 169 Å². The number of methoxy groups -OCH3 is 1. The zero-order valence-corrected chi connectivity index (χ0v) is 16.3. The van der Waals surface area contributed by atoms with Gasteiger partial charge < -0.3 is 19.5 Å². The summed E-state index contributed by atoms with van der Waals surface area (Å²) in [6, 6.07) is 17.0. The largest absolute Gasteiger partial charge is 0.493 e. The molecule has 0 fully saturated rings. The summed E-state index contributed by atoms with van der Waals surface area (Å²) < 4.78 is 16.9. The maximum atomic E-state index is 12.7. The Morgan fingerprint density at radius 2 is 2.00 bits per heavy atom. The number of benzene rings is 2. The number of carbonyl (C=O) groups excluding carboxylic acids is 1. The number of carbonyl (C=O) groups is 1. The number of ether oxygens (including phenoxy) is 3. The molecule has 0 aliphatic carbocycles. The molecule has 0 saturated heterocycles. The van der Waals surface area contributed by atoms with Crippen LogP contribution in [-0.4, -0.2) is 24.6 Å². The normalized spacial score (nSPS) is 15.3. The Kier molecular flexibility index (Phi) is 5.44. The molecule has 2 heterocycles. The van der Waals surface area contributed by atoms with E-state index in [2.05, 4.69) is 10.3 Å². The van der Waals surface area contributed by atoms with Gasteiger partial charge in [-0.15, -0.1) is 0 Å². The van der Waals surface area contributed by atoms with Crippen molar-refractivity contribution in [3.05, 3.63) is 77.5 Å². The van der Waals surface area contributed by atoms with Gasteiger partial charge in [-0.25, -0.2) is 4.98 Å². The molecule has 0 bridgehead atoms. The van der Waals surface area contributed by atoms with Crippen LogP contribution in [0.2, 0.25) is 0 Å². The lowest BCUT2D eigenvalue weighted by Crippen LogP contribution is -2.28. The van der Waals surface area contributed by atoms with E-state index < -0.39 is 6.10 Å². The van der Waals surface area contributed by atoms with Gasteiger partial charge >= 0.3 is 0 Å². The van der Waals surface area contributed by atoms with Gasteiger partial charge in [0.1, 0.15) is 0 Å². The van der Waals surface area contributed by atoms with Gasteiger partial charge in [0.15, 0.2) is 17.6 Å². The number of nitrogens with one attached hydrogen (secondary N) is 1. The number of fused-ring (bicyclic) bond motifs is 1. The summed E-state index contributed by atoms with van der Waals surface area (Å²) >= 11 is 0. The van der Waals surface area contributed by atoms with E-state index in [9.17, 15) is 4.79 Å². The molecule has 3 aromatic rings. The van der Waals surface area contributed by atoms with Gasteiger partial charge in [-0.3, -0.25) is 4.79 Å². The Bertz CT molecular complexity index is 1020. The first-order valence-corrected chi connectivity index (χ1v) is 9.43. The van der Waals surface area contributed by atoms with Crippen LogP contribution in [0.25, 0.3) is 0 Å². The molecule has 6 heteroatoms. The lowest BCUT2D eigenvalue weighted by Gasteiger charge is -2.25. The second-order valence-electron chi connectivity index (χ2n) is 6.83. The molecular formula is C23H22N2O4. The second-order valence-corrected chi connectivity index (χ2v) is 6.83. The van der Waals surface area contributed by atoms with Crippen molar-refractivity contribution in [2.75, 3.05) is 19.0 Å². The molecule has 4 rings (SSSR count). The third kappa shape index (κ3) is 4.22. The van der Waals surface area contributed by atoms with Crippen LogP contribution in [0, 0.1) is 6.92 Å². The highest BCUT2D eigenvalue weighted by Gasteiger charge is 2.27. The minimum Gasteiger partial charge on any atom is -0.493 e. The molecule has 1 N–H and O–H groups in total. The van der Waals surface area contributed by atoms with Crippen LogP contribution in [0.4, 0.5) is 5.69 Å². The van der Waals surface area contributed by atoms with E-state index in [4.69, 9.17) is 14.2 Å². The van der Waals surface area contributed by atoms with Gasteiger partial charge in [-0.05, 0) is 48.2 Å². The van der Waals surface area contributed by atoms with Crippen molar-refractivity contribution in [1.29, 1.82) is 0 Å². The number of aryl methyl sites for hydroxylation is 1. The summed E-state index contributed by atoms with van der Waals surface area (Å²) in [6.07, 6.45) is 1.76. The van der Waals surface area contributed by atoms with E-state index in [1.807, 2.05) is 49.4 Å². The third-order valence-electron chi connectivity index (χ3n) is 4.77. The summed E-state index contributed by atoms with van der Waals surface area (Å²) in [6.45, 7) is 2.51. The molecule has 2 aromatic carbocycles. The quantitative estimate of drug-likeness (QED) is 0.697. The molecular weight excluding hydrogens is 368 g/mol. The minimum atomic E-state index is -0.618. The van der Waals surface area contributed by atoms with Gasteiger partial charge in [0.05, 0.1) is 25.6 Å². The van der Waals surface area contributed by atoms with Crippen molar-refractivity contribution in [3.8, 4) is 17.4 Å². The monoisotopic (exact) mass is 390 g/mol. The highest BCUT2D eigenvalue weighted by molar-refractivity contribution is 5.95. The predicted octanol–water partition coefficient (Wildman–Crippen LogP) is 4.44. The number of amides is 1. The maximum absolute atomic E-state index is 12.7. The predicted molar refractivity (Wildman–Crippen MR) is 110 cm³/mol. The van der Waals surface area contributed by atoms with Crippen LogP contribution in [0.15, 0.2) is 60.8 Å². The Morgan fingerprint density at radius 1 is 1.14 bits per heavy atom. The smallest absolute Gasteiger partial charge is 0.258 e. The van der Waals surface area contributed by atoms with E-state index in [0.717, 1.165) is 23.1 Å². The molecule has 148 valence electrons. The summed E-state index contributed by atoms with van der Waals surface area (Å²) in [5.41, 5.74) is 3.71. The van der Waals surface area contributed by atoms with E-state index in [1.54, 1.807) is 25.4 Å². The van der Waals surface area contributed by atoms with E-state index >= 15 is 0 Å². The Hall–Kier alpha value is -3.38. The van der Waals surface area contributed by atoms with Crippen molar-refractivity contribution in [2.24, 2.45) is 0 Å². The first kappa shape index (κ1) is 19.0. The van der Waals surface area contributed by atoms with Crippen molar-refractivity contribution in [1.82, 2.24) is 4.98 Å². The number of hydrogen-bond acceptors (Lipinski definition) is 5. The summed E-state index contributed by atoms with van der Waals surface area (Å²) in [5.74, 6) is 1.41. The number of hydrogen-bond donors (Lipinski definition) is 1. The maximum Gasteiger partial charge on any atom is 0.258 e. The third-order valence-corrected chi connectivity index (χ3v) is 4.77. The lowest BCUT2D eigenvalue weighted by molar-refractivity contribution is -0.128. The van der Waals surface area contributed by atoms with Gasteiger partial charge in [0, 0.05) is 6.07 Å². The average Bonchev–Trinajstić information content (AvgIpc) is 2.75. The minimum absolute atomic E-state index is 0.215. The molecule has 0 radical (unpaired) electrons. The number of pyridine rings is 1. The van der Waals surface area contributed by atoms with E-state index in [1.165, 1.54) is 0 Å². The molecule has 6 nitrogen and oxygen atoms in total. The molecule has 1 aromatic heterocycles. The first-order chi connectivity index (χ1) is 14.1. The number of anilines is 1. The standard InChI is InChI=1S/C23H22N2O4/c1-15-7-9-19(20(13-15)27-2)29-21-10-8-17(14-24-21)25-23(26)22-18-6-4-3-5-16(18)11-12-28-22/h3-10,13-14,22H,11-12H2,1-2H3,(H,25,26)/t22-/m0/s1. The fourth-order valence-electron chi connectivity index (χ4n) is 3.31. The van der Waals surface area contributed by atoms with Crippen molar-refractivity contribution in [2.45, 2.75) is 19.4 Å². The van der Waals surface area contributed by atoms with Crippen LogP contribution < -0.4 is 14.8 Å². The van der Waals surface area contributed by atoms with Crippen LogP contribution >= 0.6 is 0 Å². The Balaban J connectivity index is 1.45. The van der Waals surface area contributed by atoms with Crippen molar-refractivity contribution < 1.29 is 19.0 Å². The molecule has 1 atom stereocenters.